The van der Waals surface area contributed by atoms with Gasteiger partial charge in [0.15, 0.2) is 0 Å². The SMILES string of the molecule is O=S(=O)(Nc1ccc(NCC2CCCO2)cn1)c1cccc(Cl)c1. The van der Waals surface area contributed by atoms with E-state index in [0.29, 0.717) is 5.02 Å². The number of hydrogen-bond donors (Lipinski definition) is 2. The van der Waals surface area contributed by atoms with Crippen LogP contribution in [0.2, 0.25) is 5.02 Å². The Hall–Kier alpha value is -1.83. The number of rotatable bonds is 6. The number of nitrogens with one attached hydrogen (secondary N) is 2. The lowest BCUT2D eigenvalue weighted by Gasteiger charge is -2.12. The van der Waals surface area contributed by atoms with Gasteiger partial charge in [-0.2, -0.15) is 0 Å². The van der Waals surface area contributed by atoms with Gasteiger partial charge < -0.3 is 10.1 Å². The summed E-state index contributed by atoms with van der Waals surface area (Å²) in [5.41, 5.74) is 0.816. The summed E-state index contributed by atoms with van der Waals surface area (Å²) in [6.45, 7) is 1.53. The van der Waals surface area contributed by atoms with Crippen LogP contribution in [0.4, 0.5) is 11.5 Å². The number of sulfonamides is 1. The molecule has 1 aliphatic rings. The van der Waals surface area contributed by atoms with Crippen LogP contribution >= 0.6 is 11.6 Å². The van der Waals surface area contributed by atoms with Crippen LogP contribution in [0.15, 0.2) is 47.5 Å². The number of benzene rings is 1. The molecule has 2 N–H and O–H groups in total. The van der Waals surface area contributed by atoms with Crippen LogP contribution in [0.1, 0.15) is 12.8 Å². The van der Waals surface area contributed by atoms with Crippen molar-refractivity contribution in [1.29, 1.82) is 0 Å². The fourth-order valence-electron chi connectivity index (χ4n) is 2.43. The maximum Gasteiger partial charge on any atom is 0.263 e. The molecule has 0 saturated carbocycles. The van der Waals surface area contributed by atoms with Crippen molar-refractivity contribution in [2.75, 3.05) is 23.2 Å². The van der Waals surface area contributed by atoms with E-state index in [0.717, 1.165) is 31.7 Å². The maximum atomic E-state index is 12.3. The summed E-state index contributed by atoms with van der Waals surface area (Å²) >= 11 is 5.84. The van der Waals surface area contributed by atoms with Crippen LogP contribution in [-0.2, 0) is 14.8 Å². The molecule has 3 rings (SSSR count). The van der Waals surface area contributed by atoms with Gasteiger partial charge >= 0.3 is 0 Å². The Morgan fingerprint density at radius 1 is 1.29 bits per heavy atom. The lowest BCUT2D eigenvalue weighted by Crippen LogP contribution is -2.18. The Labute approximate surface area is 146 Å². The first-order valence-corrected chi connectivity index (χ1v) is 9.49. The third kappa shape index (κ3) is 4.37. The summed E-state index contributed by atoms with van der Waals surface area (Å²) in [5, 5.41) is 3.59. The molecule has 0 spiro atoms. The van der Waals surface area contributed by atoms with Crippen molar-refractivity contribution in [1.82, 2.24) is 4.98 Å². The predicted molar refractivity (Wildman–Crippen MR) is 94.0 cm³/mol. The average Bonchev–Trinajstić information content (AvgIpc) is 3.07. The van der Waals surface area contributed by atoms with Crippen molar-refractivity contribution in [3.63, 3.8) is 0 Å². The highest BCUT2D eigenvalue weighted by Gasteiger charge is 2.16. The van der Waals surface area contributed by atoms with E-state index in [9.17, 15) is 8.42 Å². The zero-order valence-electron chi connectivity index (χ0n) is 12.9. The zero-order valence-corrected chi connectivity index (χ0v) is 14.5. The molecule has 24 heavy (non-hydrogen) atoms. The van der Waals surface area contributed by atoms with Crippen LogP contribution in [0.3, 0.4) is 0 Å². The Balaban J connectivity index is 1.63. The Bertz CT molecular complexity index is 790. The third-order valence-electron chi connectivity index (χ3n) is 3.67. The minimum absolute atomic E-state index is 0.0948. The standard InChI is InChI=1S/C16H18ClN3O3S/c17-12-3-1-5-15(9-12)24(21,22)20-16-7-6-13(10-19-16)18-11-14-4-2-8-23-14/h1,3,5-7,9-10,14,18H,2,4,8,11H2,(H,19,20). The van der Waals surface area contributed by atoms with Gasteiger partial charge in [-0.1, -0.05) is 17.7 Å². The molecule has 0 aliphatic carbocycles. The second kappa shape index (κ2) is 7.38. The van der Waals surface area contributed by atoms with E-state index < -0.39 is 10.0 Å². The van der Waals surface area contributed by atoms with Gasteiger partial charge in [0.25, 0.3) is 10.0 Å². The van der Waals surface area contributed by atoms with Crippen LogP contribution in [0.25, 0.3) is 0 Å². The molecule has 1 aromatic carbocycles. The summed E-state index contributed by atoms with van der Waals surface area (Å²) < 4.78 is 32.6. The van der Waals surface area contributed by atoms with Gasteiger partial charge in [0.05, 0.1) is 22.9 Å². The van der Waals surface area contributed by atoms with Crippen molar-refractivity contribution < 1.29 is 13.2 Å². The van der Waals surface area contributed by atoms with E-state index in [1.54, 1.807) is 30.5 Å². The van der Waals surface area contributed by atoms with Crippen LogP contribution in [0, 0.1) is 0 Å². The zero-order chi connectivity index (χ0) is 17.0. The molecule has 6 nitrogen and oxygen atoms in total. The van der Waals surface area contributed by atoms with Crippen LogP contribution < -0.4 is 10.0 Å². The summed E-state index contributed by atoms with van der Waals surface area (Å²) in [6, 6.07) is 9.46. The fourth-order valence-corrected chi connectivity index (χ4v) is 3.74. The molecule has 1 atom stereocenters. The number of aromatic nitrogens is 1. The van der Waals surface area contributed by atoms with Crippen molar-refractivity contribution in [3.8, 4) is 0 Å². The first-order chi connectivity index (χ1) is 11.5. The molecule has 0 bridgehead atoms. The lowest BCUT2D eigenvalue weighted by atomic mass is 10.2. The molecule has 0 amide bonds. The number of halogens is 1. The summed E-state index contributed by atoms with van der Waals surface area (Å²) in [4.78, 5) is 4.23. The second-order valence-electron chi connectivity index (χ2n) is 5.51. The van der Waals surface area contributed by atoms with Gasteiger partial charge in [-0.05, 0) is 43.2 Å². The molecule has 128 valence electrons. The van der Waals surface area contributed by atoms with Gasteiger partial charge in [0.1, 0.15) is 5.82 Å². The molecular formula is C16H18ClN3O3S. The summed E-state index contributed by atoms with van der Waals surface area (Å²) in [7, 11) is -3.71. The number of nitrogens with zero attached hydrogens (tertiary/aromatic N) is 1. The van der Waals surface area contributed by atoms with E-state index in [1.807, 2.05) is 0 Å². The first kappa shape index (κ1) is 17.0. The highest BCUT2D eigenvalue weighted by Crippen LogP contribution is 2.19. The van der Waals surface area contributed by atoms with Crippen LogP contribution in [-0.4, -0.2) is 32.7 Å². The first-order valence-electron chi connectivity index (χ1n) is 7.63. The van der Waals surface area contributed by atoms with E-state index in [4.69, 9.17) is 16.3 Å². The smallest absolute Gasteiger partial charge is 0.263 e. The van der Waals surface area contributed by atoms with Gasteiger partial charge in [0, 0.05) is 18.2 Å². The minimum atomic E-state index is -3.71. The maximum absolute atomic E-state index is 12.3. The van der Waals surface area contributed by atoms with E-state index in [2.05, 4.69) is 15.0 Å². The second-order valence-corrected chi connectivity index (χ2v) is 7.63. The van der Waals surface area contributed by atoms with Gasteiger partial charge in [-0.3, -0.25) is 4.72 Å². The molecule has 8 heteroatoms. The monoisotopic (exact) mass is 367 g/mol. The molecule has 2 heterocycles. The summed E-state index contributed by atoms with van der Waals surface area (Å²) in [5.74, 6) is 0.248. The molecule has 1 aliphatic heterocycles. The van der Waals surface area contributed by atoms with Crippen molar-refractivity contribution in [2.24, 2.45) is 0 Å². The van der Waals surface area contributed by atoms with E-state index >= 15 is 0 Å². The van der Waals surface area contributed by atoms with Crippen molar-refractivity contribution in [3.05, 3.63) is 47.6 Å². The largest absolute Gasteiger partial charge is 0.381 e. The van der Waals surface area contributed by atoms with E-state index in [1.165, 1.54) is 12.1 Å². The molecule has 0 radical (unpaired) electrons. The molecular weight excluding hydrogens is 350 g/mol. The number of ether oxygens (including phenoxy) is 1. The topological polar surface area (TPSA) is 80.3 Å². The van der Waals surface area contributed by atoms with Crippen molar-refractivity contribution >= 4 is 33.1 Å². The molecule has 1 unspecified atom stereocenters. The van der Waals surface area contributed by atoms with Gasteiger partial charge in [-0.15, -0.1) is 0 Å². The molecule has 1 fully saturated rings. The normalized spacial score (nSPS) is 17.6. The minimum Gasteiger partial charge on any atom is -0.381 e. The Morgan fingerprint density at radius 3 is 2.83 bits per heavy atom. The van der Waals surface area contributed by atoms with Crippen molar-refractivity contribution in [2.45, 2.75) is 23.8 Å². The quantitative estimate of drug-likeness (QED) is 0.819. The lowest BCUT2D eigenvalue weighted by molar-refractivity contribution is 0.120. The number of pyridine rings is 1. The van der Waals surface area contributed by atoms with Gasteiger partial charge in [0.2, 0.25) is 0 Å². The third-order valence-corrected chi connectivity index (χ3v) is 5.25. The fraction of sp³-hybridized carbons (Fsp3) is 0.312. The highest BCUT2D eigenvalue weighted by molar-refractivity contribution is 7.92. The van der Waals surface area contributed by atoms with Crippen LogP contribution in [0.5, 0.6) is 0 Å². The Morgan fingerprint density at radius 2 is 2.17 bits per heavy atom. The van der Waals surface area contributed by atoms with Gasteiger partial charge in [-0.25, -0.2) is 13.4 Å². The molecule has 2 aromatic rings. The summed E-state index contributed by atoms with van der Waals surface area (Å²) in [6.07, 6.45) is 3.96. The average molecular weight is 368 g/mol. The number of anilines is 2. The Kier molecular flexibility index (Phi) is 5.23. The molecule has 1 aromatic heterocycles. The number of hydrogen-bond acceptors (Lipinski definition) is 5. The highest BCUT2D eigenvalue weighted by atomic mass is 35.5. The predicted octanol–water partition coefficient (Wildman–Crippen LogP) is 3.13. The molecule has 1 saturated heterocycles. The van der Waals surface area contributed by atoms with E-state index in [-0.39, 0.29) is 16.8 Å².